The molecule has 0 bridgehead atoms. The average Bonchev–Trinajstić information content (AvgIpc) is 3.50. The third-order valence-electron chi connectivity index (χ3n) is 4.72. The summed E-state index contributed by atoms with van der Waals surface area (Å²) in [4.78, 5) is 22.5. The molecule has 3 aromatic heterocycles. The molecule has 0 radical (unpaired) electrons. The maximum atomic E-state index is 12.6. The van der Waals surface area contributed by atoms with E-state index in [0.717, 1.165) is 23.4 Å². The number of carbonyl (C=O) groups excluding carboxylic acids is 1. The number of rotatable bonds is 8. The molecule has 9 nitrogen and oxygen atoms in total. The van der Waals surface area contributed by atoms with Crippen molar-refractivity contribution in [1.82, 2.24) is 29.8 Å². The smallest absolute Gasteiger partial charge is 0.276 e. The number of carbonyl (C=O) groups is 1. The number of amides is 1. The van der Waals surface area contributed by atoms with Crippen LogP contribution in [0.4, 0.5) is 0 Å². The van der Waals surface area contributed by atoms with Crippen molar-refractivity contribution in [2.75, 3.05) is 7.05 Å². The zero-order chi connectivity index (χ0) is 21.6. The monoisotopic (exact) mass is 418 g/mol. The molecular formula is C22H22N6O3. The second kappa shape index (κ2) is 9.21. The highest BCUT2D eigenvalue weighted by Gasteiger charge is 2.18. The molecule has 0 aliphatic heterocycles. The Morgan fingerprint density at radius 1 is 1.19 bits per heavy atom. The van der Waals surface area contributed by atoms with Gasteiger partial charge in [-0.05, 0) is 42.3 Å². The minimum Gasteiger partial charge on any atom is -0.486 e. The summed E-state index contributed by atoms with van der Waals surface area (Å²) < 4.78 is 12.6. The van der Waals surface area contributed by atoms with Crippen molar-refractivity contribution < 1.29 is 14.1 Å². The van der Waals surface area contributed by atoms with E-state index in [1.54, 1.807) is 29.0 Å². The SMILES string of the molecule is CCc1ccc(CN(C)C(=O)c2cc(COc3ccc(-n4cncn4)cc3)on2)nc1. The summed E-state index contributed by atoms with van der Waals surface area (Å²) in [5, 5.41) is 7.96. The van der Waals surface area contributed by atoms with Crippen molar-refractivity contribution in [3.63, 3.8) is 0 Å². The first-order chi connectivity index (χ1) is 15.1. The van der Waals surface area contributed by atoms with Crippen LogP contribution in [-0.4, -0.2) is 42.8 Å². The second-order valence-electron chi connectivity index (χ2n) is 6.97. The van der Waals surface area contributed by atoms with Gasteiger partial charge < -0.3 is 14.2 Å². The lowest BCUT2D eigenvalue weighted by molar-refractivity contribution is 0.0772. The van der Waals surface area contributed by atoms with E-state index in [2.05, 4.69) is 27.1 Å². The lowest BCUT2D eigenvalue weighted by atomic mass is 10.2. The standard InChI is InChI=1S/C22H22N6O3/c1-3-16-4-5-17(24-11-16)12-27(2)22(29)21-10-20(31-26-21)13-30-19-8-6-18(7-9-19)28-15-23-14-25-28/h4-11,14-15H,3,12-13H2,1-2H3. The highest BCUT2D eigenvalue weighted by atomic mass is 16.5. The summed E-state index contributed by atoms with van der Waals surface area (Å²) in [5.74, 6) is 0.878. The summed E-state index contributed by atoms with van der Waals surface area (Å²) >= 11 is 0. The molecule has 1 aromatic carbocycles. The predicted molar refractivity (Wildman–Crippen MR) is 112 cm³/mol. The Hall–Kier alpha value is -4.01. The molecule has 0 fully saturated rings. The number of aryl methyl sites for hydroxylation is 1. The van der Waals surface area contributed by atoms with Crippen LogP contribution in [0.25, 0.3) is 5.69 Å². The van der Waals surface area contributed by atoms with Crippen molar-refractivity contribution in [1.29, 1.82) is 0 Å². The molecule has 4 aromatic rings. The Bertz CT molecular complexity index is 1120. The quantitative estimate of drug-likeness (QED) is 0.434. The topological polar surface area (TPSA) is 99.2 Å². The maximum Gasteiger partial charge on any atom is 0.276 e. The van der Waals surface area contributed by atoms with E-state index in [1.807, 2.05) is 42.6 Å². The number of ether oxygens (including phenoxy) is 1. The first kappa shape index (κ1) is 20.3. The van der Waals surface area contributed by atoms with Crippen LogP contribution in [0.15, 0.2) is 65.8 Å². The van der Waals surface area contributed by atoms with Gasteiger partial charge in [-0.2, -0.15) is 5.10 Å². The average molecular weight is 418 g/mol. The lowest BCUT2D eigenvalue weighted by Gasteiger charge is -2.15. The Kier molecular flexibility index (Phi) is 6.02. The predicted octanol–water partition coefficient (Wildman–Crippen LogP) is 3.06. The van der Waals surface area contributed by atoms with Crippen LogP contribution in [0.2, 0.25) is 0 Å². The van der Waals surface area contributed by atoms with Gasteiger partial charge in [0.2, 0.25) is 0 Å². The summed E-state index contributed by atoms with van der Waals surface area (Å²) in [6, 6.07) is 12.9. The zero-order valence-electron chi connectivity index (χ0n) is 17.3. The first-order valence-corrected chi connectivity index (χ1v) is 9.85. The second-order valence-corrected chi connectivity index (χ2v) is 6.97. The molecule has 3 heterocycles. The molecule has 4 rings (SSSR count). The number of aromatic nitrogens is 5. The molecule has 0 spiro atoms. The van der Waals surface area contributed by atoms with Crippen LogP contribution in [0.5, 0.6) is 5.75 Å². The number of pyridine rings is 1. The molecule has 9 heteroatoms. The fourth-order valence-corrected chi connectivity index (χ4v) is 2.94. The molecule has 1 amide bonds. The normalized spacial score (nSPS) is 10.8. The summed E-state index contributed by atoms with van der Waals surface area (Å²) in [5.41, 5.74) is 3.08. The van der Waals surface area contributed by atoms with Gasteiger partial charge in [0.1, 0.15) is 25.0 Å². The van der Waals surface area contributed by atoms with Gasteiger partial charge >= 0.3 is 0 Å². The molecule has 0 aliphatic carbocycles. The first-order valence-electron chi connectivity index (χ1n) is 9.85. The van der Waals surface area contributed by atoms with Crippen LogP contribution >= 0.6 is 0 Å². The summed E-state index contributed by atoms with van der Waals surface area (Å²) in [6.07, 6.45) is 5.86. The van der Waals surface area contributed by atoms with Crippen LogP contribution in [0.1, 0.15) is 34.4 Å². The summed E-state index contributed by atoms with van der Waals surface area (Å²) in [7, 11) is 1.71. The van der Waals surface area contributed by atoms with Crippen molar-refractivity contribution in [3.05, 3.63) is 84.0 Å². The minimum absolute atomic E-state index is 0.159. The van der Waals surface area contributed by atoms with Gasteiger partial charge in [0.25, 0.3) is 5.91 Å². The Morgan fingerprint density at radius 3 is 2.71 bits per heavy atom. The highest BCUT2D eigenvalue weighted by molar-refractivity contribution is 5.92. The van der Waals surface area contributed by atoms with Gasteiger partial charge in [-0.25, -0.2) is 9.67 Å². The van der Waals surface area contributed by atoms with E-state index in [9.17, 15) is 4.79 Å². The van der Waals surface area contributed by atoms with Gasteiger partial charge in [-0.1, -0.05) is 18.1 Å². The number of benzene rings is 1. The van der Waals surface area contributed by atoms with E-state index in [4.69, 9.17) is 9.26 Å². The third-order valence-corrected chi connectivity index (χ3v) is 4.72. The van der Waals surface area contributed by atoms with E-state index >= 15 is 0 Å². The van der Waals surface area contributed by atoms with Gasteiger partial charge in [-0.15, -0.1) is 0 Å². The number of hydrogen-bond acceptors (Lipinski definition) is 7. The van der Waals surface area contributed by atoms with Crippen molar-refractivity contribution in [2.45, 2.75) is 26.5 Å². The van der Waals surface area contributed by atoms with E-state index < -0.39 is 0 Å². The minimum atomic E-state index is -0.242. The molecule has 0 atom stereocenters. The molecule has 0 saturated carbocycles. The molecule has 31 heavy (non-hydrogen) atoms. The van der Waals surface area contributed by atoms with E-state index in [1.165, 1.54) is 6.33 Å². The highest BCUT2D eigenvalue weighted by Crippen LogP contribution is 2.17. The third kappa shape index (κ3) is 4.95. The van der Waals surface area contributed by atoms with Gasteiger partial charge in [0, 0.05) is 19.3 Å². The van der Waals surface area contributed by atoms with Crippen LogP contribution in [-0.2, 0) is 19.6 Å². The number of nitrogens with zero attached hydrogens (tertiary/aromatic N) is 6. The Labute approximate surface area is 179 Å². The molecule has 0 unspecified atom stereocenters. The van der Waals surface area contributed by atoms with Crippen molar-refractivity contribution >= 4 is 5.91 Å². The largest absolute Gasteiger partial charge is 0.486 e. The van der Waals surface area contributed by atoms with Gasteiger partial charge in [0.05, 0.1) is 17.9 Å². The summed E-state index contributed by atoms with van der Waals surface area (Å²) in [6.45, 7) is 2.62. The van der Waals surface area contributed by atoms with E-state index in [0.29, 0.717) is 18.1 Å². The van der Waals surface area contributed by atoms with Crippen LogP contribution < -0.4 is 4.74 Å². The van der Waals surface area contributed by atoms with Gasteiger partial charge in [0.15, 0.2) is 11.5 Å². The van der Waals surface area contributed by atoms with Crippen LogP contribution in [0.3, 0.4) is 0 Å². The fraction of sp³-hybridized carbons (Fsp3) is 0.227. The lowest BCUT2D eigenvalue weighted by Crippen LogP contribution is -2.26. The number of hydrogen-bond donors (Lipinski definition) is 0. The van der Waals surface area contributed by atoms with Crippen molar-refractivity contribution in [2.24, 2.45) is 0 Å². The molecule has 0 N–H and O–H groups in total. The van der Waals surface area contributed by atoms with Crippen LogP contribution in [0, 0.1) is 0 Å². The van der Waals surface area contributed by atoms with Crippen molar-refractivity contribution in [3.8, 4) is 11.4 Å². The zero-order valence-corrected chi connectivity index (χ0v) is 17.3. The molecule has 158 valence electrons. The fourth-order valence-electron chi connectivity index (χ4n) is 2.94. The Morgan fingerprint density at radius 2 is 2.03 bits per heavy atom. The van der Waals surface area contributed by atoms with Gasteiger partial charge in [-0.3, -0.25) is 9.78 Å². The Balaban J connectivity index is 1.32. The molecule has 0 saturated heterocycles. The molecular weight excluding hydrogens is 396 g/mol. The molecule has 0 aliphatic rings. The van der Waals surface area contributed by atoms with E-state index in [-0.39, 0.29) is 18.2 Å². The maximum absolute atomic E-state index is 12.6.